The maximum Gasteiger partial charge on any atom is 0.316 e. The van der Waals surface area contributed by atoms with Crippen LogP contribution in [0.15, 0.2) is 18.2 Å². The summed E-state index contributed by atoms with van der Waals surface area (Å²) in [5.74, 6) is -0.899. The molecule has 0 aromatic heterocycles. The number of carboxylic acids is 1. The average molecular weight is 263 g/mol. The fraction of sp³-hybridized carbons (Fsp3) is 0.364. The normalized spacial score (nSPS) is 12.4. The lowest BCUT2D eigenvalue weighted by atomic mass is 10.2. The average Bonchev–Trinajstić information content (AvgIpc) is 2.23. The topological polar surface area (TPSA) is 37.3 Å². The van der Waals surface area contributed by atoms with Gasteiger partial charge in [0, 0.05) is 10.8 Å². The largest absolute Gasteiger partial charge is 0.480 e. The number of hydrogen-bond donors (Lipinski definition) is 1. The molecule has 1 N–H and O–H groups in total. The minimum atomic E-state index is -0.866. The fourth-order valence-corrected chi connectivity index (χ4v) is 2.38. The van der Waals surface area contributed by atoms with Crippen LogP contribution in [0.4, 0.5) is 4.39 Å². The molecule has 1 rings (SSSR count). The minimum absolute atomic E-state index is 0.317. The maximum atomic E-state index is 13.3. The van der Waals surface area contributed by atoms with Gasteiger partial charge in [0.15, 0.2) is 0 Å². The zero-order valence-electron chi connectivity index (χ0n) is 8.74. The van der Waals surface area contributed by atoms with Crippen LogP contribution in [0, 0.1) is 5.82 Å². The van der Waals surface area contributed by atoms with Gasteiger partial charge in [-0.1, -0.05) is 18.5 Å². The van der Waals surface area contributed by atoms with Crippen LogP contribution in [0.1, 0.15) is 18.9 Å². The lowest BCUT2D eigenvalue weighted by molar-refractivity contribution is -0.136. The van der Waals surface area contributed by atoms with Crippen LogP contribution >= 0.6 is 23.4 Å². The summed E-state index contributed by atoms with van der Waals surface area (Å²) in [5.41, 5.74) is 0.442. The van der Waals surface area contributed by atoms with Gasteiger partial charge in [-0.15, -0.1) is 11.8 Å². The molecule has 1 aromatic carbocycles. The lowest BCUT2D eigenvalue weighted by Gasteiger charge is -2.09. The number of aliphatic carboxylic acids is 1. The van der Waals surface area contributed by atoms with Crippen molar-refractivity contribution in [2.24, 2.45) is 0 Å². The smallest absolute Gasteiger partial charge is 0.316 e. The third-order valence-corrected chi connectivity index (χ3v) is 3.74. The third kappa shape index (κ3) is 3.68. The molecule has 1 aromatic rings. The van der Waals surface area contributed by atoms with E-state index in [1.807, 2.05) is 0 Å². The molecule has 0 aliphatic carbocycles. The molecule has 0 saturated carbocycles. The first-order chi connectivity index (χ1) is 7.54. The summed E-state index contributed by atoms with van der Waals surface area (Å²) in [4.78, 5) is 10.8. The van der Waals surface area contributed by atoms with E-state index in [1.54, 1.807) is 6.92 Å². The number of carbonyl (C=O) groups is 1. The van der Waals surface area contributed by atoms with Gasteiger partial charge in [0.05, 0.1) is 0 Å². The van der Waals surface area contributed by atoms with Crippen LogP contribution < -0.4 is 0 Å². The molecule has 0 aliphatic heterocycles. The number of benzene rings is 1. The van der Waals surface area contributed by atoms with Crippen molar-refractivity contribution in [3.05, 3.63) is 34.6 Å². The van der Waals surface area contributed by atoms with Gasteiger partial charge in [0.25, 0.3) is 0 Å². The van der Waals surface area contributed by atoms with E-state index in [0.717, 1.165) is 0 Å². The first kappa shape index (κ1) is 13.3. The molecule has 5 heteroatoms. The fourth-order valence-electron chi connectivity index (χ4n) is 1.21. The molecule has 0 heterocycles. The van der Waals surface area contributed by atoms with Gasteiger partial charge >= 0.3 is 5.97 Å². The van der Waals surface area contributed by atoms with Gasteiger partial charge in [-0.25, -0.2) is 4.39 Å². The second kappa shape index (κ2) is 6.11. The van der Waals surface area contributed by atoms with Gasteiger partial charge in [0.2, 0.25) is 0 Å². The van der Waals surface area contributed by atoms with Crippen molar-refractivity contribution in [3.63, 3.8) is 0 Å². The van der Waals surface area contributed by atoms with Crippen LogP contribution in [0.3, 0.4) is 0 Å². The Morgan fingerprint density at radius 3 is 2.88 bits per heavy atom. The Labute approximate surface area is 103 Å². The van der Waals surface area contributed by atoms with E-state index in [9.17, 15) is 9.18 Å². The van der Waals surface area contributed by atoms with E-state index in [-0.39, 0.29) is 5.82 Å². The number of rotatable bonds is 5. The highest BCUT2D eigenvalue weighted by Crippen LogP contribution is 2.24. The highest BCUT2D eigenvalue weighted by Gasteiger charge is 2.16. The van der Waals surface area contributed by atoms with E-state index in [1.165, 1.54) is 30.0 Å². The van der Waals surface area contributed by atoms with Crippen molar-refractivity contribution >= 4 is 29.3 Å². The van der Waals surface area contributed by atoms with Crippen LogP contribution in [-0.4, -0.2) is 16.3 Å². The Bertz CT molecular complexity index is 384. The predicted octanol–water partition coefficient (Wildman–Crippen LogP) is 3.58. The van der Waals surface area contributed by atoms with Gasteiger partial charge in [-0.3, -0.25) is 4.79 Å². The second-order valence-corrected chi connectivity index (χ2v) is 4.91. The molecule has 0 aliphatic rings. The highest BCUT2D eigenvalue weighted by atomic mass is 35.5. The Balaban J connectivity index is 2.66. The summed E-state index contributed by atoms with van der Waals surface area (Å²) >= 11 is 6.94. The standard InChI is InChI=1S/C11H12ClFO2S/c1-2-10(11(14)15)16-6-7-5-8(12)3-4-9(7)13/h3-5,10H,2,6H2,1H3,(H,14,15). The maximum absolute atomic E-state index is 13.3. The monoisotopic (exact) mass is 262 g/mol. The van der Waals surface area contributed by atoms with Crippen molar-refractivity contribution in [2.75, 3.05) is 0 Å². The van der Waals surface area contributed by atoms with E-state index >= 15 is 0 Å². The molecule has 0 amide bonds. The van der Waals surface area contributed by atoms with Crippen molar-refractivity contribution < 1.29 is 14.3 Å². The molecule has 1 atom stereocenters. The van der Waals surface area contributed by atoms with Gasteiger partial charge in [-0.05, 0) is 30.2 Å². The summed E-state index contributed by atoms with van der Waals surface area (Å²) < 4.78 is 13.3. The highest BCUT2D eigenvalue weighted by molar-refractivity contribution is 7.99. The van der Waals surface area contributed by atoms with Crippen LogP contribution in [-0.2, 0) is 10.5 Å². The molecule has 0 saturated heterocycles. The van der Waals surface area contributed by atoms with Crippen molar-refractivity contribution in [2.45, 2.75) is 24.3 Å². The van der Waals surface area contributed by atoms with E-state index in [4.69, 9.17) is 16.7 Å². The molecule has 0 bridgehead atoms. The molecule has 88 valence electrons. The summed E-state index contributed by atoms with van der Waals surface area (Å²) in [5, 5.41) is 8.79. The molecule has 2 nitrogen and oxygen atoms in total. The van der Waals surface area contributed by atoms with Gasteiger partial charge in [-0.2, -0.15) is 0 Å². The number of carboxylic acid groups (broad SMARTS) is 1. The minimum Gasteiger partial charge on any atom is -0.480 e. The second-order valence-electron chi connectivity index (χ2n) is 3.28. The quantitative estimate of drug-likeness (QED) is 0.881. The predicted molar refractivity (Wildman–Crippen MR) is 64.4 cm³/mol. The summed E-state index contributed by atoms with van der Waals surface area (Å²) in [6.45, 7) is 1.79. The summed E-state index contributed by atoms with van der Waals surface area (Å²) in [6.07, 6.45) is 0.516. The van der Waals surface area contributed by atoms with Crippen LogP contribution in [0.2, 0.25) is 5.02 Å². The number of hydrogen-bond acceptors (Lipinski definition) is 2. The Morgan fingerprint density at radius 1 is 1.62 bits per heavy atom. The first-order valence-corrected chi connectivity index (χ1v) is 6.25. The Morgan fingerprint density at radius 2 is 2.31 bits per heavy atom. The van der Waals surface area contributed by atoms with Gasteiger partial charge < -0.3 is 5.11 Å². The van der Waals surface area contributed by atoms with Crippen molar-refractivity contribution in [3.8, 4) is 0 Å². The zero-order chi connectivity index (χ0) is 12.1. The van der Waals surface area contributed by atoms with E-state index in [0.29, 0.717) is 22.8 Å². The van der Waals surface area contributed by atoms with E-state index < -0.39 is 11.2 Å². The lowest BCUT2D eigenvalue weighted by Crippen LogP contribution is -2.15. The number of halogens is 2. The van der Waals surface area contributed by atoms with Crippen LogP contribution in [0.25, 0.3) is 0 Å². The number of thioether (sulfide) groups is 1. The van der Waals surface area contributed by atoms with Crippen LogP contribution in [0.5, 0.6) is 0 Å². The summed E-state index contributed by atoms with van der Waals surface area (Å²) in [7, 11) is 0. The van der Waals surface area contributed by atoms with Gasteiger partial charge in [0.1, 0.15) is 11.1 Å². The molecule has 0 spiro atoms. The molecule has 1 unspecified atom stereocenters. The molecule has 0 radical (unpaired) electrons. The van der Waals surface area contributed by atoms with E-state index in [2.05, 4.69) is 0 Å². The SMILES string of the molecule is CCC(SCc1cc(Cl)ccc1F)C(=O)O. The molecular weight excluding hydrogens is 251 g/mol. The van der Waals surface area contributed by atoms with Crippen molar-refractivity contribution in [1.82, 2.24) is 0 Å². The Kier molecular flexibility index (Phi) is 5.09. The van der Waals surface area contributed by atoms with Crippen molar-refractivity contribution in [1.29, 1.82) is 0 Å². The summed E-state index contributed by atoms with van der Waals surface area (Å²) in [6, 6.07) is 4.29. The first-order valence-electron chi connectivity index (χ1n) is 4.83. The molecular formula is C11H12ClFO2S. The third-order valence-electron chi connectivity index (χ3n) is 2.09. The Hall–Kier alpha value is -0.740. The molecule has 16 heavy (non-hydrogen) atoms. The zero-order valence-corrected chi connectivity index (χ0v) is 10.3. The molecule has 0 fully saturated rings.